The van der Waals surface area contributed by atoms with Crippen LogP contribution < -0.4 is 0 Å². The van der Waals surface area contributed by atoms with Gasteiger partial charge in [-0.25, -0.2) is 0 Å². The Hall–Kier alpha value is -0.120. The molecule has 1 atom stereocenters. The molecule has 0 spiro atoms. The number of hydrogen-bond donors (Lipinski definition) is 0. The minimum atomic E-state index is 0.204. The third-order valence-corrected chi connectivity index (χ3v) is 5.71. The zero-order valence-electron chi connectivity index (χ0n) is 11.6. The molecule has 0 bridgehead atoms. The minimum Gasteiger partial charge on any atom is -0.0786 e. The third kappa shape index (κ3) is 3.55. The smallest absolute Gasteiger partial charge is 0.0658 e. The van der Waals surface area contributed by atoms with Crippen molar-refractivity contribution in [2.24, 2.45) is 0 Å². The number of halogens is 3. The molecule has 0 heterocycles. The monoisotopic (exact) mass is 458 g/mol. The molecular formula is C17H17Br3. The Kier molecular flexibility index (Phi) is 5.88. The fraction of sp³-hybridized carbons (Fsp3) is 0.294. The van der Waals surface area contributed by atoms with E-state index in [1.54, 1.807) is 0 Å². The lowest BCUT2D eigenvalue weighted by Crippen LogP contribution is -2.00. The molecule has 0 aliphatic rings. The van der Waals surface area contributed by atoms with Gasteiger partial charge in [0, 0.05) is 8.95 Å². The van der Waals surface area contributed by atoms with Gasteiger partial charge >= 0.3 is 0 Å². The molecule has 2 rings (SSSR count). The Morgan fingerprint density at radius 1 is 0.900 bits per heavy atom. The average molecular weight is 461 g/mol. The Bertz CT molecular complexity index is 605. The van der Waals surface area contributed by atoms with E-state index >= 15 is 0 Å². The van der Waals surface area contributed by atoms with Crippen LogP contribution in [-0.2, 0) is 12.8 Å². The first-order chi connectivity index (χ1) is 9.56. The summed E-state index contributed by atoms with van der Waals surface area (Å²) in [7, 11) is 0. The number of aryl methyl sites for hydroxylation is 2. The highest BCUT2D eigenvalue weighted by Crippen LogP contribution is 2.38. The Morgan fingerprint density at radius 3 is 2.30 bits per heavy atom. The summed E-state index contributed by atoms with van der Waals surface area (Å²) in [4.78, 5) is 0.204. The first kappa shape index (κ1) is 16.3. The molecule has 0 saturated carbocycles. The summed E-state index contributed by atoms with van der Waals surface area (Å²) in [5, 5.41) is 0. The maximum absolute atomic E-state index is 3.88. The van der Waals surface area contributed by atoms with E-state index in [9.17, 15) is 0 Å². The third-order valence-electron chi connectivity index (χ3n) is 3.50. The minimum absolute atomic E-state index is 0.204. The molecule has 0 aromatic heterocycles. The molecule has 0 amide bonds. The van der Waals surface area contributed by atoms with Crippen molar-refractivity contribution in [1.82, 2.24) is 0 Å². The van der Waals surface area contributed by atoms with E-state index < -0.39 is 0 Å². The lowest BCUT2D eigenvalue weighted by Gasteiger charge is -2.18. The predicted octanol–water partition coefficient (Wildman–Crippen LogP) is 6.82. The van der Waals surface area contributed by atoms with Crippen molar-refractivity contribution >= 4 is 47.8 Å². The summed E-state index contributed by atoms with van der Waals surface area (Å²) in [5.74, 6) is 0. The summed E-state index contributed by atoms with van der Waals surface area (Å²) >= 11 is 11.1. The molecule has 0 fully saturated rings. The Labute approximate surface area is 146 Å². The molecule has 1 unspecified atom stereocenters. The SMILES string of the molecule is CCc1ccc(CC)c(C(Br)c2cc(Br)ccc2Br)c1. The van der Waals surface area contributed by atoms with Gasteiger partial charge < -0.3 is 0 Å². The number of benzene rings is 2. The summed E-state index contributed by atoms with van der Waals surface area (Å²) in [6, 6.07) is 13.1. The first-order valence-corrected chi connectivity index (χ1v) is 9.27. The van der Waals surface area contributed by atoms with Crippen LogP contribution in [0.5, 0.6) is 0 Å². The van der Waals surface area contributed by atoms with Gasteiger partial charge in [0.2, 0.25) is 0 Å². The largest absolute Gasteiger partial charge is 0.0786 e. The molecule has 0 N–H and O–H groups in total. The highest BCUT2D eigenvalue weighted by atomic mass is 79.9. The van der Waals surface area contributed by atoms with Gasteiger partial charge in [0.25, 0.3) is 0 Å². The summed E-state index contributed by atoms with van der Waals surface area (Å²) in [5.41, 5.74) is 5.40. The molecule has 0 nitrogen and oxygen atoms in total. The van der Waals surface area contributed by atoms with Gasteiger partial charge in [-0.2, -0.15) is 0 Å². The number of hydrogen-bond acceptors (Lipinski definition) is 0. The molecule has 0 saturated heterocycles. The van der Waals surface area contributed by atoms with Crippen LogP contribution in [0.3, 0.4) is 0 Å². The predicted molar refractivity (Wildman–Crippen MR) is 97.8 cm³/mol. The van der Waals surface area contributed by atoms with Crippen LogP contribution in [0, 0.1) is 0 Å². The Morgan fingerprint density at radius 2 is 1.65 bits per heavy atom. The maximum Gasteiger partial charge on any atom is 0.0658 e. The van der Waals surface area contributed by atoms with Crippen molar-refractivity contribution in [2.75, 3.05) is 0 Å². The van der Waals surface area contributed by atoms with Gasteiger partial charge in [-0.3, -0.25) is 0 Å². The normalized spacial score (nSPS) is 12.4. The lowest BCUT2D eigenvalue weighted by atomic mass is 9.95. The summed E-state index contributed by atoms with van der Waals surface area (Å²) < 4.78 is 2.23. The van der Waals surface area contributed by atoms with E-state index in [-0.39, 0.29) is 4.83 Å². The average Bonchev–Trinajstić information content (AvgIpc) is 2.48. The van der Waals surface area contributed by atoms with Crippen molar-refractivity contribution in [3.05, 3.63) is 67.6 Å². The van der Waals surface area contributed by atoms with Gasteiger partial charge in [-0.1, -0.05) is 79.8 Å². The maximum atomic E-state index is 3.88. The van der Waals surface area contributed by atoms with E-state index in [0.717, 1.165) is 21.8 Å². The van der Waals surface area contributed by atoms with Crippen molar-refractivity contribution in [1.29, 1.82) is 0 Å². The van der Waals surface area contributed by atoms with E-state index in [4.69, 9.17) is 0 Å². The van der Waals surface area contributed by atoms with Gasteiger partial charge in [0.1, 0.15) is 0 Å². The van der Waals surface area contributed by atoms with E-state index in [0.29, 0.717) is 0 Å². The summed E-state index contributed by atoms with van der Waals surface area (Å²) in [6.07, 6.45) is 2.11. The topological polar surface area (TPSA) is 0 Å². The molecular weight excluding hydrogens is 444 g/mol. The molecule has 0 aliphatic heterocycles. The lowest BCUT2D eigenvalue weighted by molar-refractivity contribution is 1.03. The van der Waals surface area contributed by atoms with Crippen molar-refractivity contribution < 1.29 is 0 Å². The highest BCUT2D eigenvalue weighted by molar-refractivity contribution is 9.11. The van der Waals surface area contributed by atoms with Crippen LogP contribution in [0.2, 0.25) is 0 Å². The van der Waals surface area contributed by atoms with Crippen LogP contribution >= 0.6 is 47.8 Å². The molecule has 0 radical (unpaired) electrons. The molecule has 2 aromatic rings. The van der Waals surface area contributed by atoms with Gasteiger partial charge in [0.05, 0.1) is 4.83 Å². The highest BCUT2D eigenvalue weighted by Gasteiger charge is 2.17. The second-order valence-corrected chi connectivity index (χ2v) is 7.45. The quantitative estimate of drug-likeness (QED) is 0.439. The second kappa shape index (κ2) is 7.24. The van der Waals surface area contributed by atoms with Gasteiger partial charge in [-0.15, -0.1) is 0 Å². The van der Waals surface area contributed by atoms with E-state index in [1.165, 1.54) is 22.3 Å². The van der Waals surface area contributed by atoms with Crippen LogP contribution in [0.25, 0.3) is 0 Å². The van der Waals surface area contributed by atoms with Gasteiger partial charge in [0.15, 0.2) is 0 Å². The van der Waals surface area contributed by atoms with Crippen molar-refractivity contribution in [3.8, 4) is 0 Å². The fourth-order valence-electron chi connectivity index (χ4n) is 2.30. The standard InChI is InChI=1S/C17H17Br3/c1-3-11-5-6-12(4-2)14(9-11)17(20)15-10-13(18)7-8-16(15)19/h5-10,17H,3-4H2,1-2H3. The second-order valence-electron chi connectivity index (χ2n) is 4.77. The number of alkyl halides is 1. The van der Waals surface area contributed by atoms with Crippen LogP contribution in [0.4, 0.5) is 0 Å². The van der Waals surface area contributed by atoms with Crippen LogP contribution in [0.15, 0.2) is 45.3 Å². The van der Waals surface area contributed by atoms with E-state index in [2.05, 4.69) is 98.0 Å². The molecule has 106 valence electrons. The fourth-order valence-corrected chi connectivity index (χ4v) is 4.27. The van der Waals surface area contributed by atoms with Gasteiger partial charge in [-0.05, 0) is 53.3 Å². The zero-order chi connectivity index (χ0) is 14.7. The van der Waals surface area contributed by atoms with Crippen LogP contribution in [0.1, 0.15) is 40.9 Å². The summed E-state index contributed by atoms with van der Waals surface area (Å²) in [6.45, 7) is 4.41. The zero-order valence-corrected chi connectivity index (χ0v) is 16.3. The van der Waals surface area contributed by atoms with Crippen molar-refractivity contribution in [3.63, 3.8) is 0 Å². The molecule has 3 heteroatoms. The molecule has 2 aromatic carbocycles. The Balaban J connectivity index is 2.51. The molecule has 0 aliphatic carbocycles. The number of rotatable bonds is 4. The van der Waals surface area contributed by atoms with Crippen molar-refractivity contribution in [2.45, 2.75) is 31.5 Å². The van der Waals surface area contributed by atoms with Crippen LogP contribution in [-0.4, -0.2) is 0 Å². The first-order valence-electron chi connectivity index (χ1n) is 6.77. The molecule has 20 heavy (non-hydrogen) atoms. The van der Waals surface area contributed by atoms with E-state index in [1.807, 2.05) is 0 Å².